The van der Waals surface area contributed by atoms with Gasteiger partial charge in [-0.15, -0.1) is 0 Å². The maximum absolute atomic E-state index is 11.3. The van der Waals surface area contributed by atoms with Gasteiger partial charge in [-0.05, 0) is 31.3 Å². The Balaban J connectivity index is 1.58. The van der Waals surface area contributed by atoms with Crippen LogP contribution in [0, 0.1) is 10.1 Å². The number of hydrogen-bond donors (Lipinski definition) is 1. The predicted molar refractivity (Wildman–Crippen MR) is 91.4 cm³/mol. The van der Waals surface area contributed by atoms with E-state index >= 15 is 0 Å². The van der Waals surface area contributed by atoms with Crippen molar-refractivity contribution in [3.63, 3.8) is 0 Å². The third-order valence-corrected chi connectivity index (χ3v) is 4.12. The number of nitro groups is 1. The summed E-state index contributed by atoms with van der Waals surface area (Å²) in [6.07, 6.45) is 3.05. The van der Waals surface area contributed by atoms with Crippen molar-refractivity contribution in [1.29, 1.82) is 0 Å². The second kappa shape index (κ2) is 7.14. The molecule has 0 amide bonds. The lowest BCUT2D eigenvalue weighted by Gasteiger charge is -2.35. The lowest BCUT2D eigenvalue weighted by molar-refractivity contribution is -0.389. The Morgan fingerprint density at radius 1 is 1.38 bits per heavy atom. The molecule has 0 radical (unpaired) electrons. The maximum Gasteiger partial charge on any atom is 0.372 e. The van der Waals surface area contributed by atoms with Gasteiger partial charge in [0.15, 0.2) is 0 Å². The molecule has 0 aliphatic carbocycles. The molecule has 3 heterocycles. The fourth-order valence-electron chi connectivity index (χ4n) is 3.25. The van der Waals surface area contributed by atoms with Gasteiger partial charge in [-0.2, -0.15) is 9.38 Å². The Morgan fingerprint density at radius 3 is 2.83 bits per heavy atom. The summed E-state index contributed by atoms with van der Waals surface area (Å²) in [6.45, 7) is 7.61. The topological polar surface area (TPSA) is 84.9 Å². The Hall–Kier alpha value is -2.19. The normalized spacial score (nSPS) is 21.9. The molecule has 8 nitrogen and oxygen atoms in total. The van der Waals surface area contributed by atoms with Gasteiger partial charge in [0.05, 0.1) is 18.4 Å². The third-order valence-electron chi connectivity index (χ3n) is 4.12. The predicted octanol–water partition coefficient (Wildman–Crippen LogP) is 2.15. The SMILES string of the molecule is C[C@@H]1CN(CCCNc2nc3ccccn3c2[N+](=O)[O-])C[C@H](C)O1. The maximum atomic E-state index is 11.3. The van der Waals surface area contributed by atoms with E-state index in [-0.39, 0.29) is 18.0 Å². The fraction of sp³-hybridized carbons (Fsp3) is 0.562. The zero-order valence-electron chi connectivity index (χ0n) is 14.0. The quantitative estimate of drug-likeness (QED) is 0.495. The van der Waals surface area contributed by atoms with E-state index in [2.05, 4.69) is 29.0 Å². The first-order valence-corrected chi connectivity index (χ1v) is 8.27. The van der Waals surface area contributed by atoms with Crippen molar-refractivity contribution in [3.05, 3.63) is 34.5 Å². The first kappa shape index (κ1) is 16.7. The van der Waals surface area contributed by atoms with E-state index in [0.29, 0.717) is 18.0 Å². The largest absolute Gasteiger partial charge is 0.373 e. The molecule has 0 unspecified atom stereocenters. The number of nitrogens with one attached hydrogen (secondary N) is 1. The lowest BCUT2D eigenvalue weighted by atomic mass is 10.2. The summed E-state index contributed by atoms with van der Waals surface area (Å²) in [5, 5.41) is 14.4. The van der Waals surface area contributed by atoms with E-state index in [1.807, 2.05) is 6.07 Å². The number of aromatic nitrogens is 2. The van der Waals surface area contributed by atoms with Crippen LogP contribution in [-0.4, -0.2) is 57.6 Å². The van der Waals surface area contributed by atoms with Crippen molar-refractivity contribution in [2.24, 2.45) is 0 Å². The zero-order chi connectivity index (χ0) is 17.1. The van der Waals surface area contributed by atoms with E-state index < -0.39 is 4.92 Å². The Morgan fingerprint density at radius 2 is 2.12 bits per heavy atom. The molecule has 1 aliphatic rings. The molecule has 2 atom stereocenters. The molecule has 0 aromatic carbocycles. The van der Waals surface area contributed by atoms with Crippen molar-refractivity contribution in [2.75, 3.05) is 31.5 Å². The number of hydrogen-bond acceptors (Lipinski definition) is 6. The van der Waals surface area contributed by atoms with Gasteiger partial charge < -0.3 is 20.2 Å². The lowest BCUT2D eigenvalue weighted by Crippen LogP contribution is -2.45. The fourth-order valence-corrected chi connectivity index (χ4v) is 3.25. The number of fused-ring (bicyclic) bond motifs is 1. The highest BCUT2D eigenvalue weighted by molar-refractivity contribution is 5.62. The van der Waals surface area contributed by atoms with Gasteiger partial charge in [-0.1, -0.05) is 6.07 Å². The Bertz CT molecular complexity index is 707. The molecule has 1 fully saturated rings. The van der Waals surface area contributed by atoms with Crippen molar-refractivity contribution >= 4 is 17.3 Å². The average molecular weight is 333 g/mol. The number of rotatable bonds is 6. The molecule has 0 saturated carbocycles. The summed E-state index contributed by atoms with van der Waals surface area (Å²) >= 11 is 0. The summed E-state index contributed by atoms with van der Waals surface area (Å²) in [6, 6.07) is 5.33. The second-order valence-electron chi connectivity index (χ2n) is 6.27. The number of morpholine rings is 1. The van der Waals surface area contributed by atoms with Crippen LogP contribution in [0.25, 0.3) is 5.65 Å². The average Bonchev–Trinajstić information content (AvgIpc) is 2.89. The van der Waals surface area contributed by atoms with E-state index in [0.717, 1.165) is 26.1 Å². The van der Waals surface area contributed by atoms with Gasteiger partial charge in [0, 0.05) is 32.2 Å². The second-order valence-corrected chi connectivity index (χ2v) is 6.27. The molecule has 130 valence electrons. The van der Waals surface area contributed by atoms with Crippen molar-refractivity contribution in [2.45, 2.75) is 32.5 Å². The van der Waals surface area contributed by atoms with Gasteiger partial charge in [0.25, 0.3) is 0 Å². The van der Waals surface area contributed by atoms with E-state index in [1.165, 1.54) is 4.40 Å². The minimum atomic E-state index is -0.395. The molecule has 2 aromatic heterocycles. The van der Waals surface area contributed by atoms with Crippen LogP contribution in [0.3, 0.4) is 0 Å². The van der Waals surface area contributed by atoms with Gasteiger partial charge in [0.1, 0.15) is 0 Å². The number of imidazole rings is 1. The van der Waals surface area contributed by atoms with Crippen LogP contribution in [0.5, 0.6) is 0 Å². The summed E-state index contributed by atoms with van der Waals surface area (Å²) in [7, 11) is 0. The van der Waals surface area contributed by atoms with E-state index in [9.17, 15) is 10.1 Å². The van der Waals surface area contributed by atoms with Gasteiger partial charge in [-0.25, -0.2) is 0 Å². The first-order valence-electron chi connectivity index (χ1n) is 8.27. The van der Waals surface area contributed by atoms with Gasteiger partial charge in [0.2, 0.25) is 11.5 Å². The highest BCUT2D eigenvalue weighted by atomic mass is 16.6. The van der Waals surface area contributed by atoms with Crippen molar-refractivity contribution in [3.8, 4) is 0 Å². The van der Waals surface area contributed by atoms with E-state index in [1.54, 1.807) is 18.3 Å². The van der Waals surface area contributed by atoms with Crippen LogP contribution in [0.15, 0.2) is 24.4 Å². The molecule has 1 aliphatic heterocycles. The number of ether oxygens (including phenoxy) is 1. The summed E-state index contributed by atoms with van der Waals surface area (Å²) < 4.78 is 7.22. The van der Waals surface area contributed by atoms with Crippen molar-refractivity contribution in [1.82, 2.24) is 14.3 Å². The molecule has 1 N–H and O–H groups in total. The molecule has 0 spiro atoms. The monoisotopic (exact) mass is 333 g/mol. The molecule has 0 bridgehead atoms. The Kier molecular flexibility index (Phi) is 4.96. The standard InChI is InChI=1S/C16H23N5O3/c1-12-10-19(11-13(2)24-12)8-5-7-17-15-16(21(22)23)20-9-4-3-6-14(20)18-15/h3-4,6,9,12-13,17H,5,7-8,10-11H2,1-2H3/t12-,13+. The molecular formula is C16H23N5O3. The molecule has 3 rings (SSSR count). The van der Waals surface area contributed by atoms with Crippen molar-refractivity contribution < 1.29 is 9.66 Å². The van der Waals surface area contributed by atoms with Crippen LogP contribution < -0.4 is 5.32 Å². The van der Waals surface area contributed by atoms with Crippen LogP contribution >= 0.6 is 0 Å². The molecular weight excluding hydrogens is 310 g/mol. The highest BCUT2D eigenvalue weighted by Crippen LogP contribution is 2.25. The van der Waals surface area contributed by atoms with Gasteiger partial charge >= 0.3 is 5.82 Å². The number of anilines is 1. The summed E-state index contributed by atoms with van der Waals surface area (Å²) in [5.41, 5.74) is 0.572. The number of pyridine rings is 1. The molecule has 1 saturated heterocycles. The Labute approximate surface area is 140 Å². The van der Waals surface area contributed by atoms with Crippen LogP contribution in [0.2, 0.25) is 0 Å². The molecule has 2 aromatic rings. The minimum Gasteiger partial charge on any atom is -0.373 e. The van der Waals surface area contributed by atoms with Crippen LogP contribution in [0.1, 0.15) is 20.3 Å². The molecule has 8 heteroatoms. The first-order chi connectivity index (χ1) is 11.5. The summed E-state index contributed by atoms with van der Waals surface area (Å²) in [5.74, 6) is 0.314. The molecule has 24 heavy (non-hydrogen) atoms. The van der Waals surface area contributed by atoms with Gasteiger partial charge in [-0.3, -0.25) is 4.90 Å². The third kappa shape index (κ3) is 3.65. The van der Waals surface area contributed by atoms with Crippen LogP contribution in [0.4, 0.5) is 11.6 Å². The smallest absolute Gasteiger partial charge is 0.372 e. The van der Waals surface area contributed by atoms with Crippen LogP contribution in [-0.2, 0) is 4.74 Å². The number of nitrogens with zero attached hydrogens (tertiary/aromatic N) is 4. The van der Waals surface area contributed by atoms with E-state index in [4.69, 9.17) is 4.74 Å². The minimum absolute atomic E-state index is 0.0146. The summed E-state index contributed by atoms with van der Waals surface area (Å²) in [4.78, 5) is 17.6. The zero-order valence-corrected chi connectivity index (χ0v) is 14.0. The highest BCUT2D eigenvalue weighted by Gasteiger charge is 2.23.